The number of para-hydroxylation sites is 1. The first-order chi connectivity index (χ1) is 13.7. The number of carbonyl (C=O) groups is 1. The van der Waals surface area contributed by atoms with E-state index in [2.05, 4.69) is 20.2 Å². The van der Waals surface area contributed by atoms with Crippen LogP contribution in [0, 0.1) is 0 Å². The minimum absolute atomic E-state index is 0.528. The van der Waals surface area contributed by atoms with Gasteiger partial charge >= 0.3 is 0 Å². The number of nitrogens with two attached hydrogens (primary N) is 1. The van der Waals surface area contributed by atoms with E-state index < -0.39 is 0 Å². The lowest BCUT2D eigenvalue weighted by molar-refractivity contribution is -0.103. The fraction of sp³-hybridized carbons (Fsp3) is 0. The summed E-state index contributed by atoms with van der Waals surface area (Å²) in [5, 5.41) is 8.36. The van der Waals surface area contributed by atoms with Crippen molar-refractivity contribution in [1.29, 1.82) is 0 Å². The summed E-state index contributed by atoms with van der Waals surface area (Å²) in [6.07, 6.45) is 11.3. The molecule has 4 aromatic rings. The molecular formula is C22H17N5O. The Labute approximate surface area is 161 Å². The predicted molar refractivity (Wildman–Crippen MR) is 112 cm³/mol. The molecule has 0 amide bonds. The second-order valence-electron chi connectivity index (χ2n) is 6.18. The van der Waals surface area contributed by atoms with Crippen molar-refractivity contribution in [3.63, 3.8) is 0 Å². The van der Waals surface area contributed by atoms with Gasteiger partial charge in [-0.2, -0.15) is 5.10 Å². The third-order valence-electron chi connectivity index (χ3n) is 4.33. The predicted octanol–water partition coefficient (Wildman–Crippen LogP) is 3.85. The number of carbonyl (C=O) groups excluding carboxylic acids is 1. The second kappa shape index (κ2) is 7.67. The number of benzene rings is 2. The Hall–Kier alpha value is -4.06. The van der Waals surface area contributed by atoms with Crippen molar-refractivity contribution in [2.45, 2.75) is 0 Å². The summed E-state index contributed by atoms with van der Waals surface area (Å²) in [7, 11) is 0. The first-order valence-corrected chi connectivity index (χ1v) is 8.68. The molecule has 6 nitrogen and oxygen atoms in total. The number of nitrogen functional groups attached to an aromatic ring is 1. The highest BCUT2D eigenvalue weighted by Crippen LogP contribution is 2.24. The maximum atomic E-state index is 11.6. The molecule has 0 aliphatic rings. The molecule has 0 spiro atoms. The molecule has 0 aliphatic heterocycles. The SMILES string of the molecule is Nc1ccccc1C(C=O)=Cc1ccc2c(/C=C/c3cnccn3)n[nH]c2c1. The highest BCUT2D eigenvalue weighted by molar-refractivity contribution is 6.15. The molecule has 3 N–H and O–H groups in total. The van der Waals surface area contributed by atoms with Crippen LogP contribution in [0.2, 0.25) is 0 Å². The van der Waals surface area contributed by atoms with Crippen LogP contribution in [0.25, 0.3) is 34.7 Å². The first-order valence-electron chi connectivity index (χ1n) is 8.68. The smallest absolute Gasteiger partial charge is 0.150 e. The Balaban J connectivity index is 1.67. The number of hydrogen-bond acceptors (Lipinski definition) is 5. The van der Waals surface area contributed by atoms with Crippen molar-refractivity contribution >= 4 is 46.7 Å². The van der Waals surface area contributed by atoms with E-state index in [1.54, 1.807) is 24.7 Å². The van der Waals surface area contributed by atoms with Gasteiger partial charge in [0.2, 0.25) is 0 Å². The number of anilines is 1. The average Bonchev–Trinajstić information content (AvgIpc) is 3.14. The van der Waals surface area contributed by atoms with Gasteiger partial charge in [0.25, 0.3) is 0 Å². The average molecular weight is 367 g/mol. The molecule has 0 fully saturated rings. The van der Waals surface area contributed by atoms with Crippen LogP contribution in [0.3, 0.4) is 0 Å². The van der Waals surface area contributed by atoms with Crippen molar-refractivity contribution in [1.82, 2.24) is 20.2 Å². The number of H-pyrrole nitrogens is 1. The number of rotatable bonds is 5. The van der Waals surface area contributed by atoms with Crippen molar-refractivity contribution in [3.8, 4) is 0 Å². The zero-order valence-electron chi connectivity index (χ0n) is 14.9. The van der Waals surface area contributed by atoms with Gasteiger partial charge in [-0.3, -0.25) is 19.9 Å². The lowest BCUT2D eigenvalue weighted by atomic mass is 10.0. The van der Waals surface area contributed by atoms with Gasteiger partial charge in [-0.25, -0.2) is 0 Å². The van der Waals surface area contributed by atoms with Crippen LogP contribution in [-0.4, -0.2) is 26.5 Å². The van der Waals surface area contributed by atoms with Crippen molar-refractivity contribution in [2.24, 2.45) is 0 Å². The summed E-state index contributed by atoms with van der Waals surface area (Å²) < 4.78 is 0. The van der Waals surface area contributed by atoms with Gasteiger partial charge in [-0.15, -0.1) is 0 Å². The topological polar surface area (TPSA) is 97.6 Å². The summed E-state index contributed by atoms with van der Waals surface area (Å²) in [5.74, 6) is 0. The van der Waals surface area contributed by atoms with Crippen LogP contribution < -0.4 is 5.73 Å². The number of aldehydes is 1. The van der Waals surface area contributed by atoms with E-state index in [0.29, 0.717) is 11.3 Å². The van der Waals surface area contributed by atoms with E-state index in [-0.39, 0.29) is 0 Å². The number of aromatic amines is 1. The zero-order valence-corrected chi connectivity index (χ0v) is 14.9. The van der Waals surface area contributed by atoms with Gasteiger partial charge in [0.05, 0.1) is 23.1 Å². The van der Waals surface area contributed by atoms with Crippen LogP contribution >= 0.6 is 0 Å². The molecule has 2 heterocycles. The highest BCUT2D eigenvalue weighted by atomic mass is 16.1. The van der Waals surface area contributed by atoms with Crippen LogP contribution in [0.15, 0.2) is 61.1 Å². The number of nitrogens with zero attached hydrogens (tertiary/aromatic N) is 3. The highest BCUT2D eigenvalue weighted by Gasteiger charge is 2.07. The summed E-state index contributed by atoms with van der Waals surface area (Å²) in [4.78, 5) is 19.8. The third-order valence-corrected chi connectivity index (χ3v) is 4.33. The summed E-state index contributed by atoms with van der Waals surface area (Å²) in [6, 6.07) is 13.2. The Bertz CT molecular complexity index is 1190. The number of allylic oxidation sites excluding steroid dienone is 1. The maximum Gasteiger partial charge on any atom is 0.150 e. The van der Waals surface area contributed by atoms with E-state index in [1.807, 2.05) is 54.6 Å². The number of aromatic nitrogens is 4. The Morgan fingerprint density at radius 2 is 1.96 bits per heavy atom. The van der Waals surface area contributed by atoms with Crippen molar-refractivity contribution in [3.05, 3.63) is 83.6 Å². The molecule has 0 saturated carbocycles. The van der Waals surface area contributed by atoms with E-state index in [0.717, 1.165) is 39.7 Å². The molecule has 2 aromatic carbocycles. The standard InChI is InChI=1S/C22H17N5O/c23-20-4-2-1-3-18(20)16(14-28)11-15-5-7-19-21(26-27-22(19)12-15)8-6-17-13-24-9-10-25-17/h1-14H,23H2,(H,26,27)/b8-6+,16-11?. The maximum absolute atomic E-state index is 11.6. The molecule has 0 saturated heterocycles. The molecule has 28 heavy (non-hydrogen) atoms. The van der Waals surface area contributed by atoms with Gasteiger partial charge < -0.3 is 5.73 Å². The Kier molecular flexibility index (Phi) is 4.76. The normalized spacial score (nSPS) is 11.9. The minimum Gasteiger partial charge on any atom is -0.398 e. The van der Waals surface area contributed by atoms with Crippen molar-refractivity contribution < 1.29 is 4.79 Å². The molecule has 0 bridgehead atoms. The van der Waals surface area contributed by atoms with Gasteiger partial charge in [0.1, 0.15) is 0 Å². The number of hydrogen-bond donors (Lipinski definition) is 2. The molecule has 6 heteroatoms. The molecule has 0 radical (unpaired) electrons. The lowest BCUT2D eigenvalue weighted by Gasteiger charge is -2.05. The summed E-state index contributed by atoms with van der Waals surface area (Å²) in [5.41, 5.74) is 11.1. The minimum atomic E-state index is 0.528. The van der Waals surface area contributed by atoms with E-state index >= 15 is 0 Å². The third kappa shape index (κ3) is 3.57. The second-order valence-corrected chi connectivity index (χ2v) is 6.18. The van der Waals surface area contributed by atoms with E-state index in [1.165, 1.54) is 0 Å². The van der Waals surface area contributed by atoms with Crippen LogP contribution in [0.1, 0.15) is 22.5 Å². The number of nitrogens with one attached hydrogen (secondary N) is 1. The van der Waals surface area contributed by atoms with Crippen molar-refractivity contribution in [2.75, 3.05) is 5.73 Å². The Morgan fingerprint density at radius 1 is 1.07 bits per heavy atom. The van der Waals surface area contributed by atoms with Crippen LogP contribution in [-0.2, 0) is 4.79 Å². The zero-order chi connectivity index (χ0) is 19.3. The Morgan fingerprint density at radius 3 is 2.75 bits per heavy atom. The fourth-order valence-corrected chi connectivity index (χ4v) is 2.95. The molecule has 136 valence electrons. The van der Waals surface area contributed by atoms with Gasteiger partial charge in [-0.1, -0.05) is 24.3 Å². The quantitative estimate of drug-likeness (QED) is 0.242. The summed E-state index contributed by atoms with van der Waals surface area (Å²) >= 11 is 0. The summed E-state index contributed by atoms with van der Waals surface area (Å²) in [6.45, 7) is 0. The number of fused-ring (bicyclic) bond motifs is 1. The lowest BCUT2D eigenvalue weighted by Crippen LogP contribution is -1.94. The van der Waals surface area contributed by atoms with Crippen LogP contribution in [0.5, 0.6) is 0 Å². The largest absolute Gasteiger partial charge is 0.398 e. The molecule has 0 aliphatic carbocycles. The molecule has 0 atom stereocenters. The molecule has 2 aromatic heterocycles. The van der Waals surface area contributed by atoms with E-state index in [4.69, 9.17) is 5.73 Å². The van der Waals surface area contributed by atoms with Gasteiger partial charge in [0.15, 0.2) is 6.29 Å². The van der Waals surface area contributed by atoms with Gasteiger partial charge in [-0.05, 0) is 42.0 Å². The van der Waals surface area contributed by atoms with E-state index in [9.17, 15) is 4.79 Å². The monoisotopic (exact) mass is 367 g/mol. The van der Waals surface area contributed by atoms with Gasteiger partial charge in [0, 0.05) is 34.6 Å². The fourth-order valence-electron chi connectivity index (χ4n) is 2.95. The molecular weight excluding hydrogens is 350 g/mol. The molecule has 4 rings (SSSR count). The molecule has 0 unspecified atom stereocenters. The van der Waals surface area contributed by atoms with Crippen LogP contribution in [0.4, 0.5) is 5.69 Å². The first kappa shape index (κ1) is 17.4.